The maximum Gasteiger partial charge on any atom is 0.124 e. The largest absolute Gasteiger partial charge is 0.310 e. The summed E-state index contributed by atoms with van der Waals surface area (Å²) in [5.41, 5.74) is 1.04. The number of halogens is 2. The summed E-state index contributed by atoms with van der Waals surface area (Å²) in [7, 11) is 0. The minimum Gasteiger partial charge on any atom is -0.310 e. The molecular formula is C14H21BrFN. The zero-order chi connectivity index (χ0) is 12.7. The molecule has 0 aliphatic carbocycles. The SMILES string of the molecule is CCCCC(NCCC)c1cc(F)cc(Br)c1. The standard InChI is InChI=1S/C14H21BrFN/c1-3-5-6-14(17-7-4-2)11-8-12(15)10-13(16)9-11/h8-10,14,17H,3-7H2,1-2H3. The normalized spacial score (nSPS) is 12.7. The van der Waals surface area contributed by atoms with Crippen molar-refractivity contribution in [3.8, 4) is 0 Å². The van der Waals surface area contributed by atoms with Crippen molar-refractivity contribution in [1.29, 1.82) is 0 Å². The molecule has 17 heavy (non-hydrogen) atoms. The molecule has 3 heteroatoms. The van der Waals surface area contributed by atoms with Gasteiger partial charge in [-0.05, 0) is 43.1 Å². The lowest BCUT2D eigenvalue weighted by molar-refractivity contribution is 0.478. The van der Waals surface area contributed by atoms with Gasteiger partial charge in [0.1, 0.15) is 5.82 Å². The van der Waals surface area contributed by atoms with Crippen LogP contribution in [0.2, 0.25) is 0 Å². The first-order valence-electron chi connectivity index (χ1n) is 6.36. The van der Waals surface area contributed by atoms with Crippen molar-refractivity contribution >= 4 is 15.9 Å². The van der Waals surface area contributed by atoms with Gasteiger partial charge in [0.15, 0.2) is 0 Å². The molecule has 1 aromatic rings. The zero-order valence-corrected chi connectivity index (χ0v) is 12.2. The van der Waals surface area contributed by atoms with Gasteiger partial charge in [0.25, 0.3) is 0 Å². The molecule has 0 saturated heterocycles. The minimum absolute atomic E-state index is 0.172. The molecule has 96 valence electrons. The smallest absolute Gasteiger partial charge is 0.124 e. The Morgan fingerprint density at radius 2 is 2.00 bits per heavy atom. The van der Waals surface area contributed by atoms with Crippen LogP contribution in [0.5, 0.6) is 0 Å². The Kier molecular flexibility index (Phi) is 6.75. The quantitative estimate of drug-likeness (QED) is 0.761. The van der Waals surface area contributed by atoms with E-state index in [0.29, 0.717) is 0 Å². The Morgan fingerprint density at radius 1 is 1.24 bits per heavy atom. The molecule has 0 aliphatic rings. The van der Waals surface area contributed by atoms with Crippen LogP contribution in [0.3, 0.4) is 0 Å². The Morgan fingerprint density at radius 3 is 2.59 bits per heavy atom. The second kappa shape index (κ2) is 7.83. The van der Waals surface area contributed by atoms with E-state index in [4.69, 9.17) is 0 Å². The fraction of sp³-hybridized carbons (Fsp3) is 0.571. The molecule has 0 fully saturated rings. The van der Waals surface area contributed by atoms with Crippen LogP contribution < -0.4 is 5.32 Å². The zero-order valence-electron chi connectivity index (χ0n) is 10.6. The molecule has 0 radical (unpaired) electrons. The average molecular weight is 302 g/mol. The molecule has 1 atom stereocenters. The van der Waals surface area contributed by atoms with Gasteiger partial charge < -0.3 is 5.32 Å². The van der Waals surface area contributed by atoms with Crippen molar-refractivity contribution in [3.63, 3.8) is 0 Å². The van der Waals surface area contributed by atoms with Gasteiger partial charge in [-0.2, -0.15) is 0 Å². The van der Waals surface area contributed by atoms with E-state index in [9.17, 15) is 4.39 Å². The molecule has 0 heterocycles. The van der Waals surface area contributed by atoms with Gasteiger partial charge in [-0.1, -0.05) is 42.6 Å². The van der Waals surface area contributed by atoms with Gasteiger partial charge in [0, 0.05) is 10.5 Å². The van der Waals surface area contributed by atoms with Crippen LogP contribution in [0.15, 0.2) is 22.7 Å². The van der Waals surface area contributed by atoms with E-state index in [2.05, 4.69) is 35.1 Å². The lowest BCUT2D eigenvalue weighted by Gasteiger charge is -2.19. The van der Waals surface area contributed by atoms with Crippen molar-refractivity contribution in [1.82, 2.24) is 5.32 Å². The highest BCUT2D eigenvalue weighted by Crippen LogP contribution is 2.24. The molecule has 0 saturated carbocycles. The van der Waals surface area contributed by atoms with Gasteiger partial charge in [0.05, 0.1) is 0 Å². The van der Waals surface area contributed by atoms with Crippen molar-refractivity contribution in [2.75, 3.05) is 6.54 Å². The molecule has 0 aromatic heterocycles. The summed E-state index contributed by atoms with van der Waals surface area (Å²) in [4.78, 5) is 0. The highest BCUT2D eigenvalue weighted by atomic mass is 79.9. The Labute approximate surface area is 112 Å². The summed E-state index contributed by atoms with van der Waals surface area (Å²) in [5, 5.41) is 3.49. The molecule has 0 amide bonds. The summed E-state index contributed by atoms with van der Waals surface area (Å²) in [6, 6.07) is 5.40. The number of unbranched alkanes of at least 4 members (excludes halogenated alkanes) is 1. The van der Waals surface area contributed by atoms with Gasteiger partial charge in [-0.25, -0.2) is 4.39 Å². The van der Waals surface area contributed by atoms with E-state index >= 15 is 0 Å². The van der Waals surface area contributed by atoms with Crippen LogP contribution in [0.25, 0.3) is 0 Å². The van der Waals surface area contributed by atoms with E-state index < -0.39 is 0 Å². The maximum absolute atomic E-state index is 13.4. The third-order valence-corrected chi connectivity index (χ3v) is 3.23. The van der Waals surface area contributed by atoms with Crippen molar-refractivity contribution in [3.05, 3.63) is 34.1 Å². The average Bonchev–Trinajstić information content (AvgIpc) is 2.28. The molecule has 0 spiro atoms. The van der Waals surface area contributed by atoms with Crippen molar-refractivity contribution < 1.29 is 4.39 Å². The number of nitrogens with one attached hydrogen (secondary N) is 1. The minimum atomic E-state index is -0.172. The van der Waals surface area contributed by atoms with E-state index in [-0.39, 0.29) is 11.9 Å². The number of hydrogen-bond acceptors (Lipinski definition) is 1. The van der Waals surface area contributed by atoms with Gasteiger partial charge in [-0.15, -0.1) is 0 Å². The summed E-state index contributed by atoms with van der Waals surface area (Å²) in [6.45, 7) is 5.30. The molecule has 0 bridgehead atoms. The van der Waals surface area contributed by atoms with E-state index in [1.807, 2.05) is 6.07 Å². The fourth-order valence-corrected chi connectivity index (χ4v) is 2.37. The molecule has 1 aromatic carbocycles. The van der Waals surface area contributed by atoms with Gasteiger partial charge >= 0.3 is 0 Å². The molecule has 0 aliphatic heterocycles. The molecule has 1 unspecified atom stereocenters. The Bertz CT molecular complexity index is 313. The summed E-state index contributed by atoms with van der Waals surface area (Å²) in [6.07, 6.45) is 4.49. The van der Waals surface area contributed by atoms with Crippen LogP contribution in [0, 0.1) is 5.82 Å². The number of benzene rings is 1. The van der Waals surface area contributed by atoms with Crippen LogP contribution >= 0.6 is 15.9 Å². The summed E-state index contributed by atoms with van der Waals surface area (Å²) >= 11 is 3.35. The molecular weight excluding hydrogens is 281 g/mol. The molecule has 1 nitrogen and oxygen atoms in total. The first-order valence-corrected chi connectivity index (χ1v) is 7.16. The second-order valence-corrected chi connectivity index (χ2v) is 5.27. The monoisotopic (exact) mass is 301 g/mol. The van der Waals surface area contributed by atoms with E-state index in [0.717, 1.165) is 35.8 Å². The molecule has 1 rings (SSSR count). The van der Waals surface area contributed by atoms with E-state index in [1.54, 1.807) is 6.07 Å². The van der Waals surface area contributed by atoms with E-state index in [1.165, 1.54) is 12.5 Å². The van der Waals surface area contributed by atoms with Crippen LogP contribution in [-0.4, -0.2) is 6.54 Å². The third-order valence-electron chi connectivity index (χ3n) is 2.77. The fourth-order valence-electron chi connectivity index (χ4n) is 1.89. The van der Waals surface area contributed by atoms with Crippen molar-refractivity contribution in [2.24, 2.45) is 0 Å². The lowest BCUT2D eigenvalue weighted by atomic mass is 10.0. The van der Waals surface area contributed by atoms with Crippen LogP contribution in [-0.2, 0) is 0 Å². The molecule has 1 N–H and O–H groups in total. The number of rotatable bonds is 7. The maximum atomic E-state index is 13.4. The second-order valence-electron chi connectivity index (χ2n) is 4.35. The number of hydrogen-bond donors (Lipinski definition) is 1. The third kappa shape index (κ3) is 5.17. The van der Waals surface area contributed by atoms with Gasteiger partial charge in [-0.3, -0.25) is 0 Å². The summed E-state index contributed by atoms with van der Waals surface area (Å²) < 4.78 is 14.2. The van der Waals surface area contributed by atoms with Crippen LogP contribution in [0.1, 0.15) is 51.1 Å². The highest BCUT2D eigenvalue weighted by Gasteiger charge is 2.11. The lowest BCUT2D eigenvalue weighted by Crippen LogP contribution is -2.22. The first kappa shape index (κ1) is 14.7. The summed E-state index contributed by atoms with van der Waals surface area (Å²) in [5.74, 6) is -0.172. The predicted octanol–water partition coefficient (Wildman–Crippen LogP) is 4.82. The Balaban J connectivity index is 2.78. The van der Waals surface area contributed by atoms with Crippen molar-refractivity contribution in [2.45, 2.75) is 45.6 Å². The predicted molar refractivity (Wildman–Crippen MR) is 74.7 cm³/mol. The first-order chi connectivity index (χ1) is 8.17. The van der Waals surface area contributed by atoms with Crippen LogP contribution in [0.4, 0.5) is 4.39 Å². The topological polar surface area (TPSA) is 12.0 Å². The Hall–Kier alpha value is -0.410. The highest BCUT2D eigenvalue weighted by molar-refractivity contribution is 9.10. The van der Waals surface area contributed by atoms with Gasteiger partial charge in [0.2, 0.25) is 0 Å².